The summed E-state index contributed by atoms with van der Waals surface area (Å²) in [6, 6.07) is 9.25. The van der Waals surface area contributed by atoms with E-state index in [2.05, 4.69) is 0 Å². The van der Waals surface area contributed by atoms with Crippen molar-refractivity contribution in [1.29, 1.82) is 0 Å². The highest BCUT2D eigenvalue weighted by molar-refractivity contribution is 6.08. The molecule has 2 amide bonds. The Balaban J connectivity index is 1.82. The number of likely N-dealkylation sites (tertiary alicyclic amines) is 1. The normalized spacial score (nSPS) is 14.5. The van der Waals surface area contributed by atoms with Gasteiger partial charge in [-0.25, -0.2) is 0 Å². The van der Waals surface area contributed by atoms with E-state index in [4.69, 9.17) is 4.42 Å². The monoisotopic (exact) mass is 326 g/mol. The number of piperidine rings is 1. The van der Waals surface area contributed by atoms with Gasteiger partial charge in [-0.1, -0.05) is 17.7 Å². The quantitative estimate of drug-likeness (QED) is 0.866. The van der Waals surface area contributed by atoms with Gasteiger partial charge < -0.3 is 9.32 Å². The molecule has 1 aliphatic rings. The van der Waals surface area contributed by atoms with E-state index < -0.39 is 0 Å². The molecule has 0 bridgehead atoms. The average Bonchev–Trinajstić information content (AvgIpc) is 3.15. The van der Waals surface area contributed by atoms with Crippen LogP contribution in [-0.4, -0.2) is 36.3 Å². The van der Waals surface area contributed by atoms with E-state index >= 15 is 0 Å². The summed E-state index contributed by atoms with van der Waals surface area (Å²) in [6.07, 6.45) is 6.11. The van der Waals surface area contributed by atoms with Gasteiger partial charge in [-0.05, 0) is 44.4 Å². The first-order valence-electron chi connectivity index (χ1n) is 8.33. The van der Waals surface area contributed by atoms with Crippen LogP contribution in [0.15, 0.2) is 47.3 Å². The van der Waals surface area contributed by atoms with Crippen LogP contribution in [0.4, 0.5) is 5.69 Å². The molecule has 24 heavy (non-hydrogen) atoms. The van der Waals surface area contributed by atoms with Gasteiger partial charge >= 0.3 is 0 Å². The third-order valence-corrected chi connectivity index (χ3v) is 4.36. The highest BCUT2D eigenvalue weighted by Gasteiger charge is 2.25. The maximum absolute atomic E-state index is 12.8. The predicted octanol–water partition coefficient (Wildman–Crippen LogP) is 3.25. The van der Waals surface area contributed by atoms with Crippen LogP contribution in [0.5, 0.6) is 0 Å². The number of aryl methyl sites for hydroxylation is 1. The van der Waals surface area contributed by atoms with Gasteiger partial charge in [0, 0.05) is 18.8 Å². The molecule has 1 aromatic carbocycles. The number of hydrogen-bond donors (Lipinski definition) is 0. The number of carbonyl (C=O) groups excluding carboxylic acids is 2. The Labute approximate surface area is 141 Å². The Morgan fingerprint density at radius 1 is 1.08 bits per heavy atom. The van der Waals surface area contributed by atoms with E-state index in [-0.39, 0.29) is 18.4 Å². The van der Waals surface area contributed by atoms with Crippen molar-refractivity contribution in [1.82, 2.24) is 4.90 Å². The third-order valence-electron chi connectivity index (χ3n) is 4.36. The fourth-order valence-corrected chi connectivity index (χ4v) is 2.93. The van der Waals surface area contributed by atoms with E-state index in [1.165, 1.54) is 23.8 Å². The minimum Gasteiger partial charge on any atom is -0.472 e. The second-order valence-electron chi connectivity index (χ2n) is 6.18. The Morgan fingerprint density at radius 2 is 1.79 bits per heavy atom. The first kappa shape index (κ1) is 16.3. The summed E-state index contributed by atoms with van der Waals surface area (Å²) in [6.45, 7) is 3.60. The second kappa shape index (κ2) is 7.34. The maximum Gasteiger partial charge on any atom is 0.262 e. The summed E-state index contributed by atoms with van der Waals surface area (Å²) in [5, 5.41) is 0. The number of hydrogen-bond acceptors (Lipinski definition) is 3. The lowest BCUT2D eigenvalue weighted by Crippen LogP contribution is -2.44. The molecule has 0 N–H and O–H groups in total. The van der Waals surface area contributed by atoms with E-state index in [9.17, 15) is 9.59 Å². The minimum atomic E-state index is -0.224. The number of nitrogens with zero attached hydrogens (tertiary/aromatic N) is 2. The molecule has 1 aliphatic heterocycles. The Kier molecular flexibility index (Phi) is 4.99. The molecule has 0 spiro atoms. The number of anilines is 1. The number of rotatable bonds is 4. The molecule has 0 saturated carbocycles. The van der Waals surface area contributed by atoms with Gasteiger partial charge in [-0.15, -0.1) is 0 Å². The van der Waals surface area contributed by atoms with Crippen molar-refractivity contribution in [2.24, 2.45) is 0 Å². The number of benzene rings is 1. The largest absolute Gasteiger partial charge is 0.472 e. The molecule has 0 unspecified atom stereocenters. The smallest absolute Gasteiger partial charge is 0.262 e. The van der Waals surface area contributed by atoms with Gasteiger partial charge in [0.15, 0.2) is 0 Å². The fourth-order valence-electron chi connectivity index (χ4n) is 2.93. The van der Waals surface area contributed by atoms with Crippen molar-refractivity contribution in [2.45, 2.75) is 26.2 Å². The molecule has 2 aromatic rings. The molecule has 3 rings (SSSR count). The van der Waals surface area contributed by atoms with Gasteiger partial charge in [0.1, 0.15) is 12.8 Å². The summed E-state index contributed by atoms with van der Waals surface area (Å²) < 4.78 is 5.02. The van der Waals surface area contributed by atoms with Crippen molar-refractivity contribution in [3.05, 3.63) is 54.0 Å². The molecule has 1 saturated heterocycles. The number of furan rings is 1. The van der Waals surface area contributed by atoms with Crippen molar-refractivity contribution in [3.8, 4) is 0 Å². The lowest BCUT2D eigenvalue weighted by atomic mass is 10.1. The molecule has 5 heteroatoms. The van der Waals surface area contributed by atoms with E-state index in [1.54, 1.807) is 6.07 Å². The summed E-state index contributed by atoms with van der Waals surface area (Å²) in [5.41, 5.74) is 2.27. The fraction of sp³-hybridized carbons (Fsp3) is 0.368. The molecule has 2 heterocycles. The molecule has 126 valence electrons. The van der Waals surface area contributed by atoms with Crippen molar-refractivity contribution < 1.29 is 14.0 Å². The summed E-state index contributed by atoms with van der Waals surface area (Å²) in [7, 11) is 0. The first-order chi connectivity index (χ1) is 11.6. The molecule has 0 atom stereocenters. The maximum atomic E-state index is 12.8. The summed E-state index contributed by atoms with van der Waals surface area (Å²) in [5.74, 6) is -0.231. The van der Waals surface area contributed by atoms with Crippen LogP contribution in [-0.2, 0) is 4.79 Å². The second-order valence-corrected chi connectivity index (χ2v) is 6.18. The van der Waals surface area contributed by atoms with Crippen LogP contribution in [0.25, 0.3) is 0 Å². The summed E-state index contributed by atoms with van der Waals surface area (Å²) >= 11 is 0. The number of amides is 2. The Bertz CT molecular complexity index is 686. The number of carbonyl (C=O) groups is 2. The lowest BCUT2D eigenvalue weighted by Gasteiger charge is -2.30. The highest BCUT2D eigenvalue weighted by Crippen LogP contribution is 2.19. The van der Waals surface area contributed by atoms with E-state index in [0.717, 1.165) is 37.2 Å². The van der Waals surface area contributed by atoms with Gasteiger partial charge in [0.05, 0.1) is 11.8 Å². The third kappa shape index (κ3) is 3.67. The molecule has 1 aromatic heterocycles. The summed E-state index contributed by atoms with van der Waals surface area (Å²) in [4.78, 5) is 28.8. The van der Waals surface area contributed by atoms with Crippen molar-refractivity contribution in [3.63, 3.8) is 0 Å². The molecule has 0 radical (unpaired) electrons. The van der Waals surface area contributed by atoms with Gasteiger partial charge in [0.2, 0.25) is 5.91 Å². The molecule has 0 aliphatic carbocycles. The zero-order valence-electron chi connectivity index (χ0n) is 13.9. The zero-order valence-corrected chi connectivity index (χ0v) is 13.9. The Hall–Kier alpha value is -2.56. The molecule has 1 fully saturated rings. The van der Waals surface area contributed by atoms with Crippen LogP contribution in [0.2, 0.25) is 0 Å². The molecular weight excluding hydrogens is 304 g/mol. The molecular formula is C19H22N2O3. The van der Waals surface area contributed by atoms with Crippen LogP contribution >= 0.6 is 0 Å². The first-order valence-corrected chi connectivity index (χ1v) is 8.33. The average molecular weight is 326 g/mol. The van der Waals surface area contributed by atoms with Crippen molar-refractivity contribution in [2.75, 3.05) is 24.5 Å². The van der Waals surface area contributed by atoms with Crippen molar-refractivity contribution >= 4 is 17.5 Å². The minimum absolute atomic E-state index is 0.00730. The van der Waals surface area contributed by atoms with Crippen LogP contribution in [0.3, 0.4) is 0 Å². The zero-order chi connectivity index (χ0) is 16.9. The highest BCUT2D eigenvalue weighted by atomic mass is 16.3. The van der Waals surface area contributed by atoms with E-state index in [0.29, 0.717) is 5.56 Å². The van der Waals surface area contributed by atoms with Gasteiger partial charge in [0.25, 0.3) is 5.91 Å². The topological polar surface area (TPSA) is 53.8 Å². The van der Waals surface area contributed by atoms with Crippen LogP contribution < -0.4 is 4.90 Å². The lowest BCUT2D eigenvalue weighted by molar-refractivity contribution is -0.130. The SMILES string of the molecule is Cc1ccc(N(CC(=O)N2CCCCC2)C(=O)c2ccoc2)cc1. The predicted molar refractivity (Wildman–Crippen MR) is 92.0 cm³/mol. The van der Waals surface area contributed by atoms with Crippen LogP contribution in [0, 0.1) is 6.92 Å². The standard InChI is InChI=1S/C19H22N2O3/c1-15-5-7-17(8-6-15)21(19(23)16-9-12-24-14-16)13-18(22)20-10-3-2-4-11-20/h5-9,12,14H,2-4,10-11,13H2,1H3. The molecule has 5 nitrogen and oxygen atoms in total. The van der Waals surface area contributed by atoms with Gasteiger partial charge in [-0.3, -0.25) is 14.5 Å². The Morgan fingerprint density at radius 3 is 2.42 bits per heavy atom. The van der Waals surface area contributed by atoms with E-state index in [1.807, 2.05) is 36.1 Å². The van der Waals surface area contributed by atoms with Gasteiger partial charge in [-0.2, -0.15) is 0 Å². The van der Waals surface area contributed by atoms with Crippen LogP contribution in [0.1, 0.15) is 35.2 Å².